The number of hydrogen-bond acceptors (Lipinski definition) is 2. The molecule has 0 bridgehead atoms. The molecule has 1 N–H and O–H groups in total. The summed E-state index contributed by atoms with van der Waals surface area (Å²) in [5, 5.41) is 14.7. The predicted octanol–water partition coefficient (Wildman–Crippen LogP) is 4.42. The molecule has 3 nitrogen and oxygen atoms in total. The van der Waals surface area contributed by atoms with Crippen molar-refractivity contribution < 1.29 is 9.50 Å². The molecule has 5 heteroatoms. The maximum Gasteiger partial charge on any atom is 0.137 e. The number of benzene rings is 1. The zero-order valence-electron chi connectivity index (χ0n) is 12.3. The summed E-state index contributed by atoms with van der Waals surface area (Å²) in [4.78, 5) is 0. The number of aromatic nitrogens is 2. The average molecular weight is 355 g/mol. The van der Waals surface area contributed by atoms with E-state index < -0.39 is 6.10 Å². The molecular formula is C16H20BrFN2O. The van der Waals surface area contributed by atoms with Crippen LogP contribution in [0.2, 0.25) is 0 Å². The fraction of sp³-hybridized carbons (Fsp3) is 0.438. The van der Waals surface area contributed by atoms with Gasteiger partial charge in [0.25, 0.3) is 0 Å². The topological polar surface area (TPSA) is 38.0 Å². The van der Waals surface area contributed by atoms with Crippen LogP contribution in [0.5, 0.6) is 0 Å². The van der Waals surface area contributed by atoms with Crippen LogP contribution in [-0.2, 0) is 6.42 Å². The van der Waals surface area contributed by atoms with Gasteiger partial charge in [0.15, 0.2) is 0 Å². The average Bonchev–Trinajstić information content (AvgIpc) is 2.91. The van der Waals surface area contributed by atoms with E-state index in [0.717, 1.165) is 18.5 Å². The van der Waals surface area contributed by atoms with Crippen LogP contribution in [0.4, 0.5) is 4.39 Å². The Kier molecular flexibility index (Phi) is 5.53. The minimum Gasteiger partial charge on any atom is -0.388 e. The number of hydrogen-bond donors (Lipinski definition) is 1. The van der Waals surface area contributed by atoms with Crippen molar-refractivity contribution in [3.8, 4) is 0 Å². The summed E-state index contributed by atoms with van der Waals surface area (Å²) < 4.78 is 15.9. The minimum absolute atomic E-state index is 0.367. The third kappa shape index (κ3) is 3.92. The minimum atomic E-state index is -0.752. The Hall–Kier alpha value is -1.20. The summed E-state index contributed by atoms with van der Waals surface area (Å²) in [5.74, 6) is -0.367. The molecule has 1 heterocycles. The molecule has 0 fully saturated rings. The van der Waals surface area contributed by atoms with Gasteiger partial charge in [0.1, 0.15) is 5.82 Å². The SMILES string of the molecule is CCC(CC)n1ccc(CC(O)c2ccc(Br)c(F)c2)n1. The summed E-state index contributed by atoms with van der Waals surface area (Å²) in [6.45, 7) is 4.27. The van der Waals surface area contributed by atoms with E-state index in [-0.39, 0.29) is 5.82 Å². The molecule has 1 aromatic carbocycles. The fourth-order valence-electron chi connectivity index (χ4n) is 2.39. The van der Waals surface area contributed by atoms with E-state index in [9.17, 15) is 9.50 Å². The molecule has 0 amide bonds. The Morgan fingerprint density at radius 1 is 1.29 bits per heavy atom. The first-order valence-electron chi connectivity index (χ1n) is 7.22. The van der Waals surface area contributed by atoms with E-state index in [4.69, 9.17) is 0 Å². The zero-order valence-corrected chi connectivity index (χ0v) is 13.8. The van der Waals surface area contributed by atoms with E-state index in [1.807, 2.05) is 16.9 Å². The standard InChI is InChI=1S/C16H20BrFN2O/c1-3-13(4-2)20-8-7-12(19-20)10-16(21)11-5-6-14(17)15(18)9-11/h5-9,13,16,21H,3-4,10H2,1-2H3. The van der Waals surface area contributed by atoms with Gasteiger partial charge in [-0.05, 0) is 52.5 Å². The first-order chi connectivity index (χ1) is 10.0. The quantitative estimate of drug-likeness (QED) is 0.833. The molecule has 1 atom stereocenters. The van der Waals surface area contributed by atoms with Crippen molar-refractivity contribution in [3.05, 3.63) is 52.0 Å². The molecule has 2 aromatic rings. The summed E-state index contributed by atoms with van der Waals surface area (Å²) >= 11 is 3.11. The van der Waals surface area contributed by atoms with Crippen LogP contribution in [0.15, 0.2) is 34.9 Å². The molecule has 0 spiro atoms. The predicted molar refractivity (Wildman–Crippen MR) is 84.6 cm³/mol. The van der Waals surface area contributed by atoms with Crippen LogP contribution >= 0.6 is 15.9 Å². The van der Waals surface area contributed by atoms with Crippen molar-refractivity contribution in [1.82, 2.24) is 9.78 Å². The van der Waals surface area contributed by atoms with Crippen LogP contribution in [0, 0.1) is 5.82 Å². The molecule has 0 aliphatic rings. The largest absolute Gasteiger partial charge is 0.388 e. The van der Waals surface area contributed by atoms with Gasteiger partial charge >= 0.3 is 0 Å². The van der Waals surface area contributed by atoms with E-state index in [1.54, 1.807) is 12.1 Å². The third-order valence-corrected chi connectivity index (χ3v) is 4.35. The Morgan fingerprint density at radius 3 is 2.62 bits per heavy atom. The van der Waals surface area contributed by atoms with Gasteiger partial charge in [-0.1, -0.05) is 19.9 Å². The van der Waals surface area contributed by atoms with Crippen LogP contribution in [-0.4, -0.2) is 14.9 Å². The molecule has 0 radical (unpaired) electrons. The lowest BCUT2D eigenvalue weighted by molar-refractivity contribution is 0.176. The first-order valence-corrected chi connectivity index (χ1v) is 8.01. The number of rotatable bonds is 6. The molecule has 114 valence electrons. The molecule has 21 heavy (non-hydrogen) atoms. The fourth-order valence-corrected chi connectivity index (χ4v) is 2.63. The van der Waals surface area contributed by atoms with Crippen molar-refractivity contribution in [2.24, 2.45) is 0 Å². The number of aliphatic hydroxyl groups is 1. The molecule has 0 aliphatic carbocycles. The Morgan fingerprint density at radius 2 is 2.00 bits per heavy atom. The van der Waals surface area contributed by atoms with E-state index in [1.165, 1.54) is 6.07 Å². The molecule has 1 unspecified atom stereocenters. The summed E-state index contributed by atoms with van der Waals surface area (Å²) in [5.41, 5.74) is 1.38. The van der Waals surface area contributed by atoms with E-state index in [0.29, 0.717) is 22.5 Å². The zero-order chi connectivity index (χ0) is 15.4. The van der Waals surface area contributed by atoms with Crippen LogP contribution in [0.25, 0.3) is 0 Å². The van der Waals surface area contributed by atoms with Gasteiger partial charge in [-0.25, -0.2) is 4.39 Å². The maximum atomic E-state index is 13.5. The third-order valence-electron chi connectivity index (χ3n) is 3.71. The monoisotopic (exact) mass is 354 g/mol. The van der Waals surface area contributed by atoms with E-state index in [2.05, 4.69) is 34.9 Å². The molecule has 0 saturated carbocycles. The smallest absolute Gasteiger partial charge is 0.137 e. The summed E-state index contributed by atoms with van der Waals surface area (Å²) in [7, 11) is 0. The molecular weight excluding hydrogens is 335 g/mol. The van der Waals surface area contributed by atoms with Gasteiger partial charge in [0.2, 0.25) is 0 Å². The molecule has 0 aliphatic heterocycles. The molecule has 2 rings (SSSR count). The van der Waals surface area contributed by atoms with Crippen molar-refractivity contribution in [2.75, 3.05) is 0 Å². The molecule has 1 aromatic heterocycles. The van der Waals surface area contributed by atoms with Crippen LogP contribution < -0.4 is 0 Å². The van der Waals surface area contributed by atoms with Crippen LogP contribution in [0.1, 0.15) is 50.1 Å². The Balaban J connectivity index is 2.08. The summed E-state index contributed by atoms with van der Waals surface area (Å²) in [6.07, 6.45) is 3.63. The van der Waals surface area contributed by atoms with Gasteiger partial charge in [0, 0.05) is 12.6 Å². The van der Waals surface area contributed by atoms with Gasteiger partial charge in [-0.3, -0.25) is 4.68 Å². The van der Waals surface area contributed by atoms with Crippen molar-refractivity contribution in [3.63, 3.8) is 0 Å². The van der Waals surface area contributed by atoms with E-state index >= 15 is 0 Å². The highest BCUT2D eigenvalue weighted by Gasteiger charge is 2.14. The second-order valence-electron chi connectivity index (χ2n) is 5.15. The normalized spacial score (nSPS) is 12.9. The molecule has 0 saturated heterocycles. The second-order valence-corrected chi connectivity index (χ2v) is 6.01. The summed E-state index contributed by atoms with van der Waals surface area (Å²) in [6, 6.07) is 6.98. The van der Waals surface area contributed by atoms with Gasteiger partial charge < -0.3 is 5.11 Å². The highest BCUT2D eigenvalue weighted by atomic mass is 79.9. The Labute approximate surface area is 132 Å². The highest BCUT2D eigenvalue weighted by Crippen LogP contribution is 2.23. The van der Waals surface area contributed by atoms with Crippen molar-refractivity contribution in [2.45, 2.75) is 45.3 Å². The van der Waals surface area contributed by atoms with Gasteiger partial charge in [-0.15, -0.1) is 0 Å². The maximum absolute atomic E-state index is 13.5. The lowest BCUT2D eigenvalue weighted by atomic mass is 10.1. The van der Waals surface area contributed by atoms with Crippen molar-refractivity contribution in [1.29, 1.82) is 0 Å². The Bertz CT molecular complexity index is 596. The number of halogens is 2. The lowest BCUT2D eigenvalue weighted by Gasteiger charge is -2.13. The highest BCUT2D eigenvalue weighted by molar-refractivity contribution is 9.10. The van der Waals surface area contributed by atoms with Crippen LogP contribution in [0.3, 0.4) is 0 Å². The van der Waals surface area contributed by atoms with Gasteiger partial charge in [0.05, 0.1) is 22.3 Å². The lowest BCUT2D eigenvalue weighted by Crippen LogP contribution is -2.09. The number of aliphatic hydroxyl groups excluding tert-OH is 1. The van der Waals surface area contributed by atoms with Crippen molar-refractivity contribution >= 4 is 15.9 Å². The number of nitrogens with zero attached hydrogens (tertiary/aromatic N) is 2. The van der Waals surface area contributed by atoms with Gasteiger partial charge in [-0.2, -0.15) is 5.10 Å². The first kappa shape index (κ1) is 16.2. The second kappa shape index (κ2) is 7.18.